The van der Waals surface area contributed by atoms with Gasteiger partial charge in [-0.15, -0.1) is 0 Å². The maximum absolute atomic E-state index is 13.3. The maximum atomic E-state index is 13.3. The van der Waals surface area contributed by atoms with Crippen molar-refractivity contribution in [3.8, 4) is 0 Å². The fraction of sp³-hybridized carbons (Fsp3) is 0.143. The highest BCUT2D eigenvalue weighted by atomic mass is 127. The van der Waals surface area contributed by atoms with Crippen molar-refractivity contribution in [1.29, 1.82) is 0 Å². The summed E-state index contributed by atoms with van der Waals surface area (Å²) in [6.45, 7) is 0. The van der Waals surface area contributed by atoms with E-state index in [-0.39, 0.29) is 5.82 Å². The lowest BCUT2D eigenvalue weighted by atomic mass is 10.0. The topological polar surface area (TPSA) is 20.2 Å². The molecule has 0 radical (unpaired) electrons. The van der Waals surface area contributed by atoms with Crippen molar-refractivity contribution in [2.75, 3.05) is 0 Å². The van der Waals surface area contributed by atoms with Gasteiger partial charge in [-0.05, 0) is 64.0 Å². The molecule has 92 valence electrons. The van der Waals surface area contributed by atoms with Crippen molar-refractivity contribution in [1.82, 2.24) is 0 Å². The molecule has 0 fully saturated rings. The highest BCUT2D eigenvalue weighted by Crippen LogP contribution is 2.41. The second-order valence-electron chi connectivity index (χ2n) is 4.26. The van der Waals surface area contributed by atoms with E-state index in [1.54, 1.807) is 12.1 Å². The van der Waals surface area contributed by atoms with Gasteiger partial charge in [0.2, 0.25) is 0 Å². The quantitative estimate of drug-likeness (QED) is 0.701. The molecule has 0 amide bonds. The van der Waals surface area contributed by atoms with Crippen molar-refractivity contribution < 1.29 is 9.50 Å². The number of benzene rings is 2. The fourth-order valence-corrected chi connectivity index (χ4v) is 3.76. The number of fused-ring (bicyclic) bond motifs is 2. The summed E-state index contributed by atoms with van der Waals surface area (Å²) < 4.78 is 14.4. The van der Waals surface area contributed by atoms with Crippen molar-refractivity contribution >= 4 is 34.4 Å². The molecular formula is C14H10FIOS. The Morgan fingerprint density at radius 3 is 2.83 bits per heavy atom. The third-order valence-electron chi connectivity index (χ3n) is 2.99. The van der Waals surface area contributed by atoms with E-state index in [2.05, 4.69) is 22.6 Å². The lowest BCUT2D eigenvalue weighted by Crippen LogP contribution is -2.01. The van der Waals surface area contributed by atoms with E-state index in [4.69, 9.17) is 0 Å². The molecule has 1 nitrogen and oxygen atoms in total. The third-order valence-corrected chi connectivity index (χ3v) is 4.86. The zero-order valence-electron chi connectivity index (χ0n) is 9.36. The van der Waals surface area contributed by atoms with Gasteiger partial charge in [-0.2, -0.15) is 0 Å². The highest BCUT2D eigenvalue weighted by molar-refractivity contribution is 14.1. The summed E-state index contributed by atoms with van der Waals surface area (Å²) in [6.07, 6.45) is 0.0179. The number of aliphatic hydroxyl groups excluding tert-OH is 1. The summed E-state index contributed by atoms with van der Waals surface area (Å²) in [4.78, 5) is 1.90. The van der Waals surface area contributed by atoms with Gasteiger partial charge in [0.15, 0.2) is 0 Å². The predicted molar refractivity (Wildman–Crippen MR) is 78.3 cm³/mol. The molecule has 1 unspecified atom stereocenters. The van der Waals surface area contributed by atoms with Crippen LogP contribution in [0.25, 0.3) is 0 Å². The predicted octanol–water partition coefficient (Wildman–Crippen LogP) is 4.17. The monoisotopic (exact) mass is 372 g/mol. The minimum Gasteiger partial charge on any atom is -0.388 e. The summed E-state index contributed by atoms with van der Waals surface area (Å²) in [5.74, 6) is -0.232. The average Bonchev–Trinajstić information content (AvgIpc) is 2.46. The number of hydrogen-bond donors (Lipinski definition) is 1. The Bertz CT molecular complexity index is 615. The molecule has 0 saturated heterocycles. The first-order chi connectivity index (χ1) is 8.63. The zero-order valence-corrected chi connectivity index (χ0v) is 12.3. The number of rotatable bonds is 0. The van der Waals surface area contributed by atoms with Crippen molar-refractivity contribution in [3.05, 3.63) is 56.9 Å². The van der Waals surface area contributed by atoms with Crippen LogP contribution >= 0.6 is 34.4 Å². The molecule has 0 bridgehead atoms. The van der Waals surface area contributed by atoms with Crippen molar-refractivity contribution in [2.45, 2.75) is 22.3 Å². The van der Waals surface area contributed by atoms with E-state index in [9.17, 15) is 9.50 Å². The summed E-state index contributed by atoms with van der Waals surface area (Å²) in [5.41, 5.74) is 1.93. The van der Waals surface area contributed by atoms with E-state index in [0.717, 1.165) is 24.5 Å². The number of hydrogen-bond acceptors (Lipinski definition) is 2. The third kappa shape index (κ3) is 2.29. The number of aliphatic hydroxyl groups is 1. The van der Waals surface area contributed by atoms with Gasteiger partial charge in [-0.25, -0.2) is 4.39 Å². The Hall–Kier alpha value is -0.590. The smallest absolute Gasteiger partial charge is 0.124 e. The van der Waals surface area contributed by atoms with Crippen molar-refractivity contribution in [2.24, 2.45) is 0 Å². The van der Waals surface area contributed by atoms with Crippen molar-refractivity contribution in [3.63, 3.8) is 0 Å². The maximum Gasteiger partial charge on any atom is 0.124 e. The van der Waals surface area contributed by atoms with E-state index in [1.807, 2.05) is 18.2 Å². The fourth-order valence-electron chi connectivity index (χ4n) is 2.10. The van der Waals surface area contributed by atoms with Crippen LogP contribution in [-0.2, 0) is 6.42 Å². The average molecular weight is 372 g/mol. The molecule has 2 aromatic carbocycles. The normalized spacial score (nSPS) is 17.8. The Labute approximate surface area is 123 Å². The SMILES string of the molecule is OC1Cc2ccc(F)cc2Sc2ccc(I)cc21. The first kappa shape index (κ1) is 12.4. The van der Waals surface area contributed by atoms with E-state index in [1.165, 1.54) is 17.8 Å². The van der Waals surface area contributed by atoms with Gasteiger partial charge in [0.1, 0.15) is 5.82 Å². The minimum absolute atomic E-state index is 0.232. The molecular weight excluding hydrogens is 362 g/mol. The van der Waals surface area contributed by atoms with Crippen LogP contribution in [0.3, 0.4) is 0 Å². The Kier molecular flexibility index (Phi) is 3.34. The molecule has 1 aliphatic rings. The molecule has 4 heteroatoms. The highest BCUT2D eigenvalue weighted by Gasteiger charge is 2.21. The van der Waals surface area contributed by atoms with Gasteiger partial charge in [-0.1, -0.05) is 17.8 Å². The summed E-state index contributed by atoms with van der Waals surface area (Å²) in [5, 5.41) is 10.3. The molecule has 2 aromatic rings. The largest absolute Gasteiger partial charge is 0.388 e. The van der Waals surface area contributed by atoms with Crippen LogP contribution in [0.1, 0.15) is 17.2 Å². The second kappa shape index (κ2) is 4.83. The number of halogens is 2. The van der Waals surface area contributed by atoms with Crippen LogP contribution in [0.2, 0.25) is 0 Å². The molecule has 1 aliphatic heterocycles. The van der Waals surface area contributed by atoms with Gasteiger partial charge in [0.05, 0.1) is 6.10 Å². The van der Waals surface area contributed by atoms with Crippen LogP contribution in [-0.4, -0.2) is 5.11 Å². The van der Waals surface area contributed by atoms with Crippen LogP contribution in [0.5, 0.6) is 0 Å². The molecule has 0 spiro atoms. The van der Waals surface area contributed by atoms with Crippen LogP contribution in [0, 0.1) is 9.39 Å². The van der Waals surface area contributed by atoms with Crippen LogP contribution < -0.4 is 0 Å². The standard InChI is InChI=1S/C14H10FIOS/c15-9-2-1-8-5-12(17)11-7-10(16)3-4-13(11)18-14(8)6-9/h1-4,6-7,12,17H,5H2. The Morgan fingerprint density at radius 1 is 1.17 bits per heavy atom. The second-order valence-corrected chi connectivity index (χ2v) is 6.59. The van der Waals surface area contributed by atoms with E-state index >= 15 is 0 Å². The van der Waals surface area contributed by atoms with Gasteiger partial charge >= 0.3 is 0 Å². The van der Waals surface area contributed by atoms with Gasteiger partial charge in [-0.3, -0.25) is 0 Å². The molecule has 0 aliphatic carbocycles. The molecule has 1 atom stereocenters. The first-order valence-electron chi connectivity index (χ1n) is 5.57. The Balaban J connectivity index is 2.14. The summed E-state index contributed by atoms with van der Waals surface area (Å²) in [7, 11) is 0. The van der Waals surface area contributed by atoms with E-state index < -0.39 is 6.10 Å². The molecule has 0 saturated carbocycles. The van der Waals surface area contributed by atoms with Crippen LogP contribution in [0.15, 0.2) is 46.2 Å². The van der Waals surface area contributed by atoms with E-state index in [0.29, 0.717) is 6.42 Å². The molecule has 18 heavy (non-hydrogen) atoms. The summed E-state index contributed by atoms with van der Waals surface area (Å²) >= 11 is 3.76. The minimum atomic E-state index is -0.520. The van der Waals surface area contributed by atoms with Crippen LogP contribution in [0.4, 0.5) is 4.39 Å². The lowest BCUT2D eigenvalue weighted by Gasteiger charge is -2.11. The molecule has 0 aromatic heterocycles. The van der Waals surface area contributed by atoms with Gasteiger partial charge in [0.25, 0.3) is 0 Å². The lowest BCUT2D eigenvalue weighted by molar-refractivity contribution is 0.175. The first-order valence-corrected chi connectivity index (χ1v) is 7.47. The Morgan fingerprint density at radius 2 is 2.00 bits per heavy atom. The zero-order chi connectivity index (χ0) is 12.7. The molecule has 1 N–H and O–H groups in total. The van der Waals surface area contributed by atoms with Gasteiger partial charge < -0.3 is 5.11 Å². The molecule has 3 rings (SSSR count). The molecule has 1 heterocycles. The van der Waals surface area contributed by atoms with Gasteiger partial charge in [0, 0.05) is 19.8 Å². The summed E-state index contributed by atoms with van der Waals surface area (Å²) in [6, 6.07) is 10.7.